The van der Waals surface area contributed by atoms with Crippen LogP contribution < -0.4 is 4.90 Å². The zero-order valence-corrected chi connectivity index (χ0v) is 13.8. The van der Waals surface area contributed by atoms with Crippen molar-refractivity contribution in [3.05, 3.63) is 59.7 Å². The van der Waals surface area contributed by atoms with Gasteiger partial charge in [0.15, 0.2) is 0 Å². The van der Waals surface area contributed by atoms with Crippen molar-refractivity contribution >= 4 is 17.6 Å². The van der Waals surface area contributed by atoms with Crippen molar-refractivity contribution in [2.45, 2.75) is 19.8 Å². The van der Waals surface area contributed by atoms with Crippen molar-refractivity contribution in [3.8, 4) is 12.1 Å². The molecule has 0 aliphatic heterocycles. The van der Waals surface area contributed by atoms with Crippen LogP contribution in [0.2, 0.25) is 0 Å². The number of nitriles is 2. The number of hydrogen-bond acceptors (Lipinski definition) is 4. The van der Waals surface area contributed by atoms with Gasteiger partial charge in [-0.3, -0.25) is 4.99 Å². The fraction of sp³-hybridized carbons (Fsp3) is 0.250. The highest BCUT2D eigenvalue weighted by molar-refractivity contribution is 5.82. The van der Waals surface area contributed by atoms with Crippen LogP contribution in [0.1, 0.15) is 24.0 Å². The van der Waals surface area contributed by atoms with Gasteiger partial charge >= 0.3 is 0 Å². The van der Waals surface area contributed by atoms with E-state index in [1.165, 1.54) is 5.56 Å². The van der Waals surface area contributed by atoms with Crippen LogP contribution in [-0.4, -0.2) is 19.3 Å². The highest BCUT2D eigenvalue weighted by Crippen LogP contribution is 2.17. The number of benzene rings is 2. The molecule has 0 aromatic heterocycles. The van der Waals surface area contributed by atoms with Gasteiger partial charge in [0.2, 0.25) is 0 Å². The average Bonchev–Trinajstić information content (AvgIpc) is 2.61. The predicted molar refractivity (Wildman–Crippen MR) is 97.5 cm³/mol. The molecule has 0 saturated heterocycles. The van der Waals surface area contributed by atoms with Gasteiger partial charge in [-0.15, -0.1) is 0 Å². The predicted octanol–water partition coefficient (Wildman–Crippen LogP) is 4.38. The Labute approximate surface area is 143 Å². The molecule has 0 unspecified atom stereocenters. The van der Waals surface area contributed by atoms with Crippen molar-refractivity contribution in [1.82, 2.24) is 0 Å². The van der Waals surface area contributed by atoms with Crippen LogP contribution in [0.15, 0.2) is 53.5 Å². The maximum absolute atomic E-state index is 8.77. The lowest BCUT2D eigenvalue weighted by atomic mass is 10.2. The molecule has 0 radical (unpaired) electrons. The molecule has 0 spiro atoms. The lowest BCUT2D eigenvalue weighted by molar-refractivity contribution is 0.796. The molecule has 0 amide bonds. The summed E-state index contributed by atoms with van der Waals surface area (Å²) < 4.78 is 0. The van der Waals surface area contributed by atoms with E-state index in [0.717, 1.165) is 16.9 Å². The highest BCUT2D eigenvalue weighted by Gasteiger charge is 2.05. The van der Waals surface area contributed by atoms with Gasteiger partial charge < -0.3 is 4.90 Å². The second-order valence-corrected chi connectivity index (χ2v) is 5.49. The maximum Gasteiger partial charge on any atom is 0.0640 e. The van der Waals surface area contributed by atoms with Crippen molar-refractivity contribution in [2.24, 2.45) is 4.99 Å². The molecule has 4 heteroatoms. The molecule has 0 N–H and O–H groups in total. The van der Waals surface area contributed by atoms with E-state index in [9.17, 15) is 0 Å². The smallest absolute Gasteiger partial charge is 0.0640 e. The van der Waals surface area contributed by atoms with Gasteiger partial charge in [0, 0.05) is 25.0 Å². The van der Waals surface area contributed by atoms with Crippen LogP contribution >= 0.6 is 0 Å². The van der Waals surface area contributed by atoms with E-state index in [4.69, 9.17) is 10.5 Å². The Hall–Kier alpha value is -3.11. The van der Waals surface area contributed by atoms with Gasteiger partial charge in [0.1, 0.15) is 0 Å². The van der Waals surface area contributed by atoms with Crippen molar-refractivity contribution in [3.63, 3.8) is 0 Å². The molecule has 0 saturated carbocycles. The molecule has 120 valence electrons. The average molecular weight is 316 g/mol. The summed E-state index contributed by atoms with van der Waals surface area (Å²) in [7, 11) is 0. The lowest BCUT2D eigenvalue weighted by Crippen LogP contribution is -2.25. The minimum absolute atomic E-state index is 0.446. The van der Waals surface area contributed by atoms with Crippen LogP contribution in [0.3, 0.4) is 0 Å². The Bertz CT molecular complexity index is 745. The SMILES string of the molecule is Cc1cccc(N=Cc2ccc(N(CCC#N)CCC#N)cc2)c1. The quantitative estimate of drug-likeness (QED) is 0.712. The molecule has 2 rings (SSSR count). The second kappa shape index (κ2) is 9.12. The summed E-state index contributed by atoms with van der Waals surface area (Å²) in [6.45, 7) is 3.31. The number of anilines is 1. The number of rotatable bonds is 7. The Balaban J connectivity index is 2.08. The van der Waals surface area contributed by atoms with E-state index in [2.05, 4.69) is 22.0 Å². The highest BCUT2D eigenvalue weighted by atomic mass is 15.1. The number of aryl methyl sites for hydroxylation is 1. The summed E-state index contributed by atoms with van der Waals surface area (Å²) in [5.74, 6) is 0. The molecule has 0 aliphatic carbocycles. The first kappa shape index (κ1) is 17.2. The first-order valence-electron chi connectivity index (χ1n) is 7.92. The maximum atomic E-state index is 8.77. The molecule has 0 atom stereocenters. The molecule has 0 bridgehead atoms. The van der Waals surface area contributed by atoms with Crippen LogP contribution in [0.5, 0.6) is 0 Å². The fourth-order valence-corrected chi connectivity index (χ4v) is 2.37. The minimum atomic E-state index is 0.446. The number of aliphatic imine (C=N–C) groups is 1. The first-order valence-corrected chi connectivity index (χ1v) is 7.92. The topological polar surface area (TPSA) is 63.2 Å². The Morgan fingerprint density at radius 2 is 1.67 bits per heavy atom. The van der Waals surface area contributed by atoms with Crippen LogP contribution in [-0.2, 0) is 0 Å². The summed E-state index contributed by atoms with van der Waals surface area (Å²) >= 11 is 0. The largest absolute Gasteiger partial charge is 0.369 e. The summed E-state index contributed by atoms with van der Waals surface area (Å²) in [6, 6.07) is 20.4. The molecular formula is C20H20N4. The second-order valence-electron chi connectivity index (χ2n) is 5.49. The molecule has 2 aromatic rings. The summed E-state index contributed by atoms with van der Waals surface area (Å²) in [6.07, 6.45) is 2.73. The Morgan fingerprint density at radius 3 is 2.25 bits per heavy atom. The van der Waals surface area contributed by atoms with Crippen molar-refractivity contribution in [1.29, 1.82) is 10.5 Å². The van der Waals surface area contributed by atoms with Crippen molar-refractivity contribution < 1.29 is 0 Å². The summed E-state index contributed by atoms with van der Waals surface area (Å²) in [4.78, 5) is 6.55. The van der Waals surface area contributed by atoms with E-state index in [0.29, 0.717) is 25.9 Å². The number of nitrogens with zero attached hydrogens (tertiary/aromatic N) is 4. The summed E-state index contributed by atoms with van der Waals surface area (Å²) in [5, 5.41) is 17.5. The Kier molecular flexibility index (Phi) is 6.56. The fourth-order valence-electron chi connectivity index (χ4n) is 2.37. The van der Waals surface area contributed by atoms with E-state index in [1.807, 2.05) is 61.7 Å². The third kappa shape index (κ3) is 5.26. The van der Waals surface area contributed by atoms with Gasteiger partial charge in [-0.25, -0.2) is 0 Å². The van der Waals surface area contributed by atoms with Crippen LogP contribution in [0.4, 0.5) is 11.4 Å². The third-order valence-electron chi connectivity index (χ3n) is 3.61. The zero-order chi connectivity index (χ0) is 17.2. The van der Waals surface area contributed by atoms with Crippen LogP contribution in [0, 0.1) is 29.6 Å². The zero-order valence-electron chi connectivity index (χ0n) is 13.8. The molecule has 4 nitrogen and oxygen atoms in total. The molecule has 0 heterocycles. The molecule has 0 fully saturated rings. The standard InChI is InChI=1S/C20H20N4/c1-17-5-2-6-19(15-17)23-16-18-7-9-20(10-8-18)24(13-3-11-21)14-4-12-22/h2,5-10,15-16H,3-4,13-14H2,1H3. The monoisotopic (exact) mass is 316 g/mol. The summed E-state index contributed by atoms with van der Waals surface area (Å²) in [5.41, 5.74) is 4.16. The van der Waals surface area contributed by atoms with Gasteiger partial charge in [-0.2, -0.15) is 10.5 Å². The van der Waals surface area contributed by atoms with E-state index in [-0.39, 0.29) is 0 Å². The number of hydrogen-bond donors (Lipinski definition) is 0. The third-order valence-corrected chi connectivity index (χ3v) is 3.61. The molecular weight excluding hydrogens is 296 g/mol. The van der Waals surface area contributed by atoms with Gasteiger partial charge in [0.25, 0.3) is 0 Å². The van der Waals surface area contributed by atoms with E-state index < -0.39 is 0 Å². The first-order chi connectivity index (χ1) is 11.7. The molecule has 24 heavy (non-hydrogen) atoms. The van der Waals surface area contributed by atoms with Gasteiger partial charge in [-0.05, 0) is 42.3 Å². The normalized spacial score (nSPS) is 10.3. The Morgan fingerprint density at radius 1 is 1.00 bits per heavy atom. The van der Waals surface area contributed by atoms with Crippen molar-refractivity contribution in [2.75, 3.05) is 18.0 Å². The van der Waals surface area contributed by atoms with Crippen LogP contribution in [0.25, 0.3) is 0 Å². The lowest BCUT2D eigenvalue weighted by Gasteiger charge is -2.22. The van der Waals surface area contributed by atoms with E-state index in [1.54, 1.807) is 0 Å². The van der Waals surface area contributed by atoms with Gasteiger partial charge in [-0.1, -0.05) is 24.3 Å². The minimum Gasteiger partial charge on any atom is -0.369 e. The molecule has 0 aliphatic rings. The molecule has 2 aromatic carbocycles. The van der Waals surface area contributed by atoms with Gasteiger partial charge in [0.05, 0.1) is 30.7 Å². The van der Waals surface area contributed by atoms with E-state index >= 15 is 0 Å².